The van der Waals surface area contributed by atoms with Crippen molar-refractivity contribution < 1.29 is 9.59 Å². The van der Waals surface area contributed by atoms with Crippen LogP contribution in [0.5, 0.6) is 0 Å². The predicted octanol–water partition coefficient (Wildman–Crippen LogP) is 2.45. The van der Waals surface area contributed by atoms with Gasteiger partial charge in [-0.25, -0.2) is 0 Å². The van der Waals surface area contributed by atoms with Crippen molar-refractivity contribution in [1.82, 2.24) is 0 Å². The molecule has 1 amide bonds. The van der Waals surface area contributed by atoms with Gasteiger partial charge in [0.2, 0.25) is 0 Å². The molecule has 1 saturated heterocycles. The monoisotopic (exact) mass is 258 g/mol. The highest BCUT2D eigenvalue weighted by atomic mass is 16.2. The number of hydrogen-bond acceptors (Lipinski definition) is 3. The van der Waals surface area contributed by atoms with E-state index in [9.17, 15) is 9.59 Å². The number of anilines is 2. The molecule has 2 aliphatic rings. The van der Waals surface area contributed by atoms with Crippen LogP contribution >= 0.6 is 0 Å². The fourth-order valence-electron chi connectivity index (χ4n) is 2.96. The van der Waals surface area contributed by atoms with Gasteiger partial charge in [-0.3, -0.25) is 9.59 Å². The van der Waals surface area contributed by atoms with E-state index in [1.165, 1.54) is 12.8 Å². The molecule has 4 nitrogen and oxygen atoms in total. The van der Waals surface area contributed by atoms with Gasteiger partial charge in [0, 0.05) is 18.3 Å². The summed E-state index contributed by atoms with van der Waals surface area (Å²) < 4.78 is 0. The van der Waals surface area contributed by atoms with E-state index in [2.05, 4.69) is 24.1 Å². The highest BCUT2D eigenvalue weighted by molar-refractivity contribution is 6.51. The van der Waals surface area contributed by atoms with E-state index in [0.29, 0.717) is 23.2 Å². The van der Waals surface area contributed by atoms with Crippen LogP contribution in [-0.4, -0.2) is 24.3 Å². The summed E-state index contributed by atoms with van der Waals surface area (Å²) in [5.41, 5.74) is 2.23. The van der Waals surface area contributed by atoms with Gasteiger partial charge >= 0.3 is 0 Å². The summed E-state index contributed by atoms with van der Waals surface area (Å²) in [5, 5.41) is 2.64. The number of nitrogens with one attached hydrogen (secondary N) is 1. The Balaban J connectivity index is 1.93. The third-order valence-electron chi connectivity index (χ3n) is 4.15. The Hall–Kier alpha value is -1.84. The topological polar surface area (TPSA) is 49.4 Å². The van der Waals surface area contributed by atoms with Crippen molar-refractivity contribution in [3.63, 3.8) is 0 Å². The summed E-state index contributed by atoms with van der Waals surface area (Å²) in [6.07, 6.45) is 2.45. The first-order chi connectivity index (χ1) is 9.06. The standard InChI is InChI=1S/C15H18N2O2/c1-9-3-4-10(2)17(8-9)11-5-6-12-13(7-11)16-15(19)14(12)18/h5-7,9-10H,3-4,8H2,1-2H3,(H,16,18,19). The minimum atomic E-state index is -0.521. The van der Waals surface area contributed by atoms with E-state index in [1.54, 1.807) is 6.07 Å². The van der Waals surface area contributed by atoms with Gasteiger partial charge in [-0.05, 0) is 43.9 Å². The molecule has 2 heterocycles. The largest absolute Gasteiger partial charge is 0.368 e. The number of fused-ring (bicyclic) bond motifs is 1. The van der Waals surface area contributed by atoms with Crippen LogP contribution in [0.4, 0.5) is 11.4 Å². The number of Topliss-reactive ketones (excluding diaryl/α,β-unsaturated/α-hetero) is 1. The number of carbonyl (C=O) groups is 2. The predicted molar refractivity (Wildman–Crippen MR) is 74.6 cm³/mol. The highest BCUT2D eigenvalue weighted by Gasteiger charge is 2.29. The second kappa shape index (κ2) is 4.37. The van der Waals surface area contributed by atoms with Crippen molar-refractivity contribution in [3.8, 4) is 0 Å². The Morgan fingerprint density at radius 2 is 2.00 bits per heavy atom. The molecule has 0 aliphatic carbocycles. The average Bonchev–Trinajstić information content (AvgIpc) is 2.67. The van der Waals surface area contributed by atoms with E-state index in [-0.39, 0.29) is 0 Å². The van der Waals surface area contributed by atoms with Crippen molar-refractivity contribution >= 4 is 23.1 Å². The van der Waals surface area contributed by atoms with E-state index in [0.717, 1.165) is 12.2 Å². The van der Waals surface area contributed by atoms with Crippen molar-refractivity contribution in [1.29, 1.82) is 0 Å². The second-order valence-corrected chi connectivity index (χ2v) is 5.70. The fourth-order valence-corrected chi connectivity index (χ4v) is 2.96. The number of rotatable bonds is 1. The third-order valence-corrected chi connectivity index (χ3v) is 4.15. The quantitative estimate of drug-likeness (QED) is 0.787. The normalized spacial score (nSPS) is 26.3. The smallest absolute Gasteiger partial charge is 0.296 e. The van der Waals surface area contributed by atoms with Gasteiger partial charge in [-0.2, -0.15) is 0 Å². The van der Waals surface area contributed by atoms with Crippen LogP contribution in [0.15, 0.2) is 18.2 Å². The molecule has 1 N–H and O–H groups in total. The van der Waals surface area contributed by atoms with Crippen LogP contribution in [0.25, 0.3) is 0 Å². The molecular formula is C15H18N2O2. The lowest BCUT2D eigenvalue weighted by atomic mass is 9.94. The first kappa shape index (κ1) is 12.2. The maximum atomic E-state index is 11.6. The summed E-state index contributed by atoms with van der Waals surface area (Å²) in [7, 11) is 0. The van der Waals surface area contributed by atoms with Crippen LogP contribution in [0.1, 0.15) is 37.0 Å². The van der Waals surface area contributed by atoms with Gasteiger partial charge in [0.15, 0.2) is 0 Å². The number of ketones is 1. The zero-order valence-corrected chi connectivity index (χ0v) is 11.3. The number of amides is 1. The lowest BCUT2D eigenvalue weighted by molar-refractivity contribution is -0.112. The molecule has 0 aromatic heterocycles. The lowest BCUT2D eigenvalue weighted by Crippen LogP contribution is -2.41. The molecule has 4 heteroatoms. The van der Waals surface area contributed by atoms with E-state index >= 15 is 0 Å². The number of hydrogen-bond donors (Lipinski definition) is 1. The highest BCUT2D eigenvalue weighted by Crippen LogP contribution is 2.32. The fraction of sp³-hybridized carbons (Fsp3) is 0.467. The molecule has 0 spiro atoms. The van der Waals surface area contributed by atoms with Crippen LogP contribution in [0, 0.1) is 5.92 Å². The van der Waals surface area contributed by atoms with Crippen LogP contribution in [0.2, 0.25) is 0 Å². The van der Waals surface area contributed by atoms with Gasteiger partial charge in [-0.1, -0.05) is 6.92 Å². The molecule has 0 radical (unpaired) electrons. The minimum Gasteiger partial charge on any atom is -0.368 e. The Kier molecular flexibility index (Phi) is 2.81. The second-order valence-electron chi connectivity index (χ2n) is 5.70. The average molecular weight is 258 g/mol. The van der Waals surface area contributed by atoms with E-state index < -0.39 is 11.7 Å². The molecule has 2 unspecified atom stereocenters. The van der Waals surface area contributed by atoms with Gasteiger partial charge < -0.3 is 10.2 Å². The van der Waals surface area contributed by atoms with Crippen molar-refractivity contribution in [2.45, 2.75) is 32.7 Å². The zero-order chi connectivity index (χ0) is 13.6. The number of benzene rings is 1. The van der Waals surface area contributed by atoms with Crippen LogP contribution < -0.4 is 10.2 Å². The molecule has 19 heavy (non-hydrogen) atoms. The Morgan fingerprint density at radius 1 is 1.21 bits per heavy atom. The summed E-state index contributed by atoms with van der Waals surface area (Å²) in [6, 6.07) is 6.14. The number of nitrogens with zero attached hydrogens (tertiary/aromatic N) is 1. The van der Waals surface area contributed by atoms with Crippen molar-refractivity contribution in [2.24, 2.45) is 5.92 Å². The maximum Gasteiger partial charge on any atom is 0.296 e. The molecule has 1 aromatic rings. The molecule has 2 aliphatic heterocycles. The molecule has 100 valence electrons. The Morgan fingerprint density at radius 3 is 2.79 bits per heavy atom. The molecule has 1 fully saturated rings. The molecule has 0 saturated carbocycles. The lowest BCUT2D eigenvalue weighted by Gasteiger charge is -2.38. The Bertz CT molecular complexity index is 553. The van der Waals surface area contributed by atoms with Crippen LogP contribution in [-0.2, 0) is 4.79 Å². The van der Waals surface area contributed by atoms with Gasteiger partial charge in [0.05, 0.1) is 11.3 Å². The van der Waals surface area contributed by atoms with Crippen LogP contribution in [0.3, 0.4) is 0 Å². The Labute approximate surface area is 112 Å². The number of piperidine rings is 1. The van der Waals surface area contributed by atoms with Gasteiger partial charge in [0.1, 0.15) is 0 Å². The summed E-state index contributed by atoms with van der Waals surface area (Å²) in [4.78, 5) is 25.3. The van der Waals surface area contributed by atoms with E-state index in [1.807, 2.05) is 12.1 Å². The minimum absolute atomic E-state index is 0.429. The maximum absolute atomic E-state index is 11.6. The first-order valence-electron chi connectivity index (χ1n) is 6.82. The van der Waals surface area contributed by atoms with Gasteiger partial charge in [-0.15, -0.1) is 0 Å². The van der Waals surface area contributed by atoms with Crippen molar-refractivity contribution in [2.75, 3.05) is 16.8 Å². The third kappa shape index (κ3) is 2.01. The molecule has 3 rings (SSSR count). The first-order valence-corrected chi connectivity index (χ1v) is 6.82. The summed E-state index contributed by atoms with van der Waals surface area (Å²) in [6.45, 7) is 5.52. The molecular weight excluding hydrogens is 240 g/mol. The van der Waals surface area contributed by atoms with Crippen molar-refractivity contribution in [3.05, 3.63) is 23.8 Å². The van der Waals surface area contributed by atoms with E-state index in [4.69, 9.17) is 0 Å². The number of carbonyl (C=O) groups excluding carboxylic acids is 2. The summed E-state index contributed by atoms with van der Waals surface area (Å²) in [5.74, 6) is -0.269. The molecule has 0 bridgehead atoms. The molecule has 1 aromatic carbocycles. The van der Waals surface area contributed by atoms with Gasteiger partial charge in [0.25, 0.3) is 11.7 Å². The zero-order valence-electron chi connectivity index (χ0n) is 11.3. The SMILES string of the molecule is CC1CCC(C)N(c2ccc3c(c2)NC(=O)C3=O)C1. The summed E-state index contributed by atoms with van der Waals surface area (Å²) >= 11 is 0. The molecule has 2 atom stereocenters.